The third-order valence-electron chi connectivity index (χ3n) is 4.63. The van der Waals surface area contributed by atoms with E-state index in [9.17, 15) is 14.7 Å². The van der Waals surface area contributed by atoms with Crippen molar-refractivity contribution in [2.75, 3.05) is 0 Å². The zero-order valence-corrected chi connectivity index (χ0v) is 15.8. The lowest BCUT2D eigenvalue weighted by Gasteiger charge is -2.08. The van der Waals surface area contributed by atoms with Gasteiger partial charge in [-0.3, -0.25) is 9.59 Å². The van der Waals surface area contributed by atoms with Gasteiger partial charge < -0.3 is 10.1 Å². The molecule has 0 atom stereocenters. The van der Waals surface area contributed by atoms with Crippen LogP contribution in [0.3, 0.4) is 0 Å². The number of benzene rings is 2. The van der Waals surface area contributed by atoms with Crippen LogP contribution >= 0.6 is 22.9 Å². The number of fused-ring (bicyclic) bond motifs is 3. The van der Waals surface area contributed by atoms with E-state index in [-0.39, 0.29) is 17.4 Å². The number of thiophene rings is 1. The Kier molecular flexibility index (Phi) is 3.75. The first kappa shape index (κ1) is 17.0. The molecule has 5 aromatic rings. The van der Waals surface area contributed by atoms with Crippen LogP contribution in [-0.4, -0.2) is 19.9 Å². The summed E-state index contributed by atoms with van der Waals surface area (Å²) in [4.78, 5) is 29.7. The van der Waals surface area contributed by atoms with Crippen molar-refractivity contribution in [1.29, 1.82) is 0 Å². The zero-order chi connectivity index (χ0) is 19.4. The average Bonchev–Trinajstić information content (AvgIpc) is 3.08. The van der Waals surface area contributed by atoms with Crippen LogP contribution in [0.4, 0.5) is 0 Å². The van der Waals surface area contributed by atoms with Crippen molar-refractivity contribution in [3.63, 3.8) is 0 Å². The number of hydrogen-bond donors (Lipinski definition) is 2. The van der Waals surface area contributed by atoms with E-state index in [0.29, 0.717) is 15.9 Å². The highest BCUT2D eigenvalue weighted by molar-refractivity contribution is 7.19. The van der Waals surface area contributed by atoms with Crippen molar-refractivity contribution in [2.45, 2.75) is 6.54 Å². The number of rotatable bonds is 2. The minimum atomic E-state index is -0.552. The van der Waals surface area contributed by atoms with Gasteiger partial charge >= 0.3 is 0 Å². The Balaban J connectivity index is 1.74. The number of H-pyrrole nitrogens is 1. The molecule has 6 nitrogen and oxygen atoms in total. The molecule has 2 N–H and O–H groups in total. The lowest BCUT2D eigenvalue weighted by molar-refractivity contribution is 0.431. The smallest absolute Gasteiger partial charge is 0.280 e. The number of pyridine rings is 1. The van der Waals surface area contributed by atoms with Gasteiger partial charge in [0, 0.05) is 20.0 Å². The first-order valence-electron chi connectivity index (χ1n) is 8.44. The summed E-state index contributed by atoms with van der Waals surface area (Å²) in [6, 6.07) is 14.6. The second kappa shape index (κ2) is 6.19. The molecule has 0 amide bonds. The number of halogens is 1. The summed E-state index contributed by atoms with van der Waals surface area (Å²) < 4.78 is 2.22. The van der Waals surface area contributed by atoms with Crippen LogP contribution in [0.15, 0.2) is 58.1 Å². The Morgan fingerprint density at radius 1 is 1.14 bits per heavy atom. The first-order valence-corrected chi connectivity index (χ1v) is 9.63. The number of nitrogens with zero attached hydrogens (tertiary/aromatic N) is 2. The van der Waals surface area contributed by atoms with E-state index in [1.165, 1.54) is 11.3 Å². The van der Waals surface area contributed by atoms with Crippen molar-refractivity contribution >= 4 is 54.8 Å². The summed E-state index contributed by atoms with van der Waals surface area (Å²) in [5, 5.41) is 16.1. The molecule has 0 bridgehead atoms. The van der Waals surface area contributed by atoms with Crippen LogP contribution in [0.5, 0.6) is 5.88 Å². The minimum Gasteiger partial charge on any atom is -0.491 e. The van der Waals surface area contributed by atoms with Gasteiger partial charge in [-0.2, -0.15) is 0 Å². The van der Waals surface area contributed by atoms with E-state index in [1.54, 1.807) is 18.2 Å². The lowest BCUT2D eigenvalue weighted by Crippen LogP contribution is -2.27. The fourth-order valence-electron chi connectivity index (χ4n) is 3.34. The topological polar surface area (TPSA) is 88.0 Å². The van der Waals surface area contributed by atoms with Gasteiger partial charge in [-0.1, -0.05) is 29.8 Å². The van der Waals surface area contributed by atoms with E-state index in [2.05, 4.69) is 10.1 Å². The number of nitrogens with one attached hydrogen (secondary N) is 1. The van der Waals surface area contributed by atoms with Crippen LogP contribution in [-0.2, 0) is 6.54 Å². The Labute approximate surface area is 166 Å². The second-order valence-electron chi connectivity index (χ2n) is 6.43. The molecule has 3 heterocycles. The fraction of sp³-hybridized carbons (Fsp3) is 0.0500. The number of hydrogen-bond acceptors (Lipinski definition) is 5. The molecule has 8 heteroatoms. The van der Waals surface area contributed by atoms with Gasteiger partial charge in [0.25, 0.3) is 11.4 Å². The molecule has 0 aliphatic rings. The van der Waals surface area contributed by atoms with Crippen molar-refractivity contribution in [3.8, 4) is 5.88 Å². The number of aromatic nitrogens is 3. The zero-order valence-electron chi connectivity index (χ0n) is 14.3. The van der Waals surface area contributed by atoms with Gasteiger partial charge in [0.1, 0.15) is 10.9 Å². The van der Waals surface area contributed by atoms with Gasteiger partial charge in [0.2, 0.25) is 5.43 Å². The first-order chi connectivity index (χ1) is 13.5. The van der Waals surface area contributed by atoms with Crippen LogP contribution in [0.2, 0.25) is 5.02 Å². The summed E-state index contributed by atoms with van der Waals surface area (Å²) in [6.07, 6.45) is 0. The second-order valence-corrected chi connectivity index (χ2v) is 8.04. The molecule has 2 aromatic carbocycles. The summed E-state index contributed by atoms with van der Waals surface area (Å²) in [5.74, 6) is -0.408. The maximum absolute atomic E-state index is 13.0. The quantitative estimate of drug-likeness (QED) is 0.433. The van der Waals surface area contributed by atoms with E-state index < -0.39 is 16.9 Å². The molecule has 28 heavy (non-hydrogen) atoms. The minimum absolute atomic E-state index is 0.0114. The van der Waals surface area contributed by atoms with E-state index in [1.807, 2.05) is 30.3 Å². The highest BCUT2D eigenvalue weighted by Crippen LogP contribution is 2.26. The van der Waals surface area contributed by atoms with Gasteiger partial charge in [-0.25, -0.2) is 4.68 Å². The predicted molar refractivity (Wildman–Crippen MR) is 112 cm³/mol. The molecular weight excluding hydrogens is 398 g/mol. The average molecular weight is 410 g/mol. The van der Waals surface area contributed by atoms with Crippen LogP contribution < -0.4 is 11.0 Å². The van der Waals surface area contributed by atoms with Gasteiger partial charge in [0.15, 0.2) is 0 Å². The maximum Gasteiger partial charge on any atom is 0.280 e. The Hall–Kier alpha value is -3.16. The molecule has 0 unspecified atom stereocenters. The summed E-state index contributed by atoms with van der Waals surface area (Å²) in [5.41, 5.74) is -0.572. The number of aromatic amines is 1. The molecule has 0 fully saturated rings. The highest BCUT2D eigenvalue weighted by Gasteiger charge is 2.17. The summed E-state index contributed by atoms with van der Waals surface area (Å²) in [6.45, 7) is 0.166. The molecule has 0 saturated carbocycles. The Bertz CT molecular complexity index is 1480. The Morgan fingerprint density at radius 3 is 2.79 bits per heavy atom. The largest absolute Gasteiger partial charge is 0.491 e. The third kappa shape index (κ3) is 2.59. The van der Waals surface area contributed by atoms with E-state index >= 15 is 0 Å². The van der Waals surface area contributed by atoms with Gasteiger partial charge in [-0.15, -0.1) is 16.4 Å². The van der Waals surface area contributed by atoms with Gasteiger partial charge in [-0.05, 0) is 35.7 Å². The molecule has 0 aliphatic carbocycles. The third-order valence-corrected chi connectivity index (χ3v) is 5.97. The Morgan fingerprint density at radius 2 is 1.96 bits per heavy atom. The van der Waals surface area contributed by atoms with Gasteiger partial charge in [0.05, 0.1) is 12.1 Å². The standard InChI is InChI=1S/C20H12ClN3O3S/c21-11-5-6-13-14(8-11)22-17-16(18(13)25)20(27)24(23-19(17)26)9-12-7-10-3-1-2-4-15(10)28-12/h1-8H,9H2,(H,22,25)(H,23,26). The van der Waals surface area contributed by atoms with Crippen LogP contribution in [0.25, 0.3) is 31.9 Å². The summed E-state index contributed by atoms with van der Waals surface area (Å²) in [7, 11) is 0. The maximum atomic E-state index is 13.0. The van der Waals surface area contributed by atoms with E-state index in [0.717, 1.165) is 19.6 Å². The van der Waals surface area contributed by atoms with Crippen LogP contribution in [0, 0.1) is 0 Å². The van der Waals surface area contributed by atoms with Crippen molar-refractivity contribution in [1.82, 2.24) is 14.8 Å². The van der Waals surface area contributed by atoms with Crippen molar-refractivity contribution in [2.24, 2.45) is 0 Å². The monoisotopic (exact) mass is 409 g/mol. The molecular formula is C20H12ClN3O3S. The molecule has 3 aromatic heterocycles. The molecule has 138 valence electrons. The SMILES string of the molecule is O=c1c2ccc(Cl)cc2[nH]c2c(O)nn(Cc3cc4ccccc4s3)c(=O)c12. The number of aromatic hydroxyl groups is 1. The van der Waals surface area contributed by atoms with Crippen LogP contribution in [0.1, 0.15) is 4.88 Å². The molecule has 0 saturated heterocycles. The molecule has 0 spiro atoms. The molecule has 5 rings (SSSR count). The normalized spacial score (nSPS) is 11.6. The van der Waals surface area contributed by atoms with Crippen molar-refractivity contribution in [3.05, 3.63) is 79.0 Å². The molecule has 0 radical (unpaired) electrons. The van der Waals surface area contributed by atoms with Crippen molar-refractivity contribution < 1.29 is 5.11 Å². The van der Waals surface area contributed by atoms with E-state index in [4.69, 9.17) is 11.6 Å². The fourth-order valence-corrected chi connectivity index (χ4v) is 4.56. The summed E-state index contributed by atoms with van der Waals surface area (Å²) >= 11 is 7.52. The highest BCUT2D eigenvalue weighted by atomic mass is 35.5. The molecule has 0 aliphatic heterocycles. The predicted octanol–water partition coefficient (Wildman–Crippen LogP) is 3.86. The lowest BCUT2D eigenvalue weighted by atomic mass is 10.1.